The molecule has 0 radical (unpaired) electrons. The van der Waals surface area contributed by atoms with E-state index in [4.69, 9.17) is 4.42 Å². The Bertz CT molecular complexity index is 2140. The first-order valence-corrected chi connectivity index (χ1v) is 12.4. The number of hydrogen-bond donors (Lipinski definition) is 0. The number of nitrogens with zero attached hydrogens (tertiary/aromatic N) is 1. The standard InChI is InChI=1S/C31H17NO2S/c33-30-21-10-3-6-15-28(21)35-29-17-22-20-11-7-14-26(31(20)34-27(22)16-23(29)30)32-24-12-4-1-8-18(24)19-9-2-5-13-25(19)32/h1-17H. The van der Waals surface area contributed by atoms with E-state index >= 15 is 0 Å². The number of rotatable bonds is 1. The molecular formula is C31H17NO2S. The lowest BCUT2D eigenvalue weighted by atomic mass is 10.1. The van der Waals surface area contributed by atoms with Gasteiger partial charge in [-0.15, -0.1) is 11.3 Å². The SMILES string of the molecule is O=c1c2ccccc2sc2cc3c(cc12)oc1c(-n2c4ccccc4c4ccccc42)cccc13. The van der Waals surface area contributed by atoms with Crippen molar-refractivity contribution in [3.05, 3.63) is 113 Å². The van der Waals surface area contributed by atoms with Gasteiger partial charge in [0.25, 0.3) is 0 Å². The van der Waals surface area contributed by atoms with Crippen LogP contribution in [0.5, 0.6) is 0 Å². The van der Waals surface area contributed by atoms with E-state index in [1.807, 2.05) is 30.3 Å². The average molecular weight is 468 g/mol. The highest BCUT2D eigenvalue weighted by Gasteiger charge is 2.18. The fourth-order valence-corrected chi connectivity index (χ4v) is 6.53. The number of aromatic nitrogens is 1. The minimum Gasteiger partial charge on any atom is -0.454 e. The maximum absolute atomic E-state index is 13.3. The molecule has 0 N–H and O–H groups in total. The highest BCUT2D eigenvalue weighted by Crippen LogP contribution is 2.39. The zero-order chi connectivity index (χ0) is 23.1. The Kier molecular flexibility index (Phi) is 3.69. The van der Waals surface area contributed by atoms with Crippen molar-refractivity contribution < 1.29 is 4.42 Å². The highest BCUT2D eigenvalue weighted by atomic mass is 32.1. The summed E-state index contributed by atoms with van der Waals surface area (Å²) < 4.78 is 10.8. The Morgan fingerprint density at radius 1 is 0.571 bits per heavy atom. The third-order valence-electron chi connectivity index (χ3n) is 7.00. The van der Waals surface area contributed by atoms with Gasteiger partial charge in [0.05, 0.1) is 16.7 Å². The molecule has 0 aliphatic heterocycles. The van der Waals surface area contributed by atoms with Crippen molar-refractivity contribution in [2.75, 3.05) is 0 Å². The topological polar surface area (TPSA) is 35.1 Å². The van der Waals surface area contributed by atoms with Crippen LogP contribution in [0.1, 0.15) is 0 Å². The van der Waals surface area contributed by atoms with Crippen LogP contribution < -0.4 is 5.43 Å². The molecule has 8 aromatic rings. The minimum atomic E-state index is 0.0549. The number of furan rings is 1. The summed E-state index contributed by atoms with van der Waals surface area (Å²) in [7, 11) is 0. The third kappa shape index (κ3) is 2.52. The molecule has 0 saturated heterocycles. The van der Waals surface area contributed by atoms with Gasteiger partial charge >= 0.3 is 0 Å². The normalized spacial score (nSPS) is 12.1. The van der Waals surface area contributed by atoms with Crippen LogP contribution in [0, 0.1) is 0 Å². The molecule has 4 heteroatoms. The van der Waals surface area contributed by atoms with Crippen LogP contribution in [0.15, 0.2) is 112 Å². The van der Waals surface area contributed by atoms with Crippen LogP contribution in [0.4, 0.5) is 0 Å². The van der Waals surface area contributed by atoms with Gasteiger partial charge in [-0.25, -0.2) is 0 Å². The van der Waals surface area contributed by atoms with Gasteiger partial charge in [0, 0.05) is 41.7 Å². The van der Waals surface area contributed by atoms with Crippen molar-refractivity contribution in [3.8, 4) is 5.69 Å². The number of para-hydroxylation sites is 3. The molecule has 0 spiro atoms. The second-order valence-electron chi connectivity index (χ2n) is 8.90. The van der Waals surface area contributed by atoms with Crippen molar-refractivity contribution in [2.45, 2.75) is 0 Å². The molecule has 0 bridgehead atoms. The van der Waals surface area contributed by atoms with E-state index in [0.29, 0.717) is 5.39 Å². The molecule has 3 aromatic heterocycles. The predicted molar refractivity (Wildman–Crippen MR) is 147 cm³/mol. The average Bonchev–Trinajstić information content (AvgIpc) is 3.43. The summed E-state index contributed by atoms with van der Waals surface area (Å²) in [6, 6.07) is 35.1. The Morgan fingerprint density at radius 3 is 2.00 bits per heavy atom. The van der Waals surface area contributed by atoms with E-state index < -0.39 is 0 Å². The van der Waals surface area contributed by atoms with Gasteiger partial charge in [-0.2, -0.15) is 0 Å². The third-order valence-corrected chi connectivity index (χ3v) is 8.13. The molecule has 0 saturated carbocycles. The molecule has 3 heterocycles. The maximum atomic E-state index is 13.3. The monoisotopic (exact) mass is 467 g/mol. The quantitative estimate of drug-likeness (QED) is 0.227. The summed E-state index contributed by atoms with van der Waals surface area (Å²) in [6.07, 6.45) is 0. The molecule has 0 fully saturated rings. The van der Waals surface area contributed by atoms with Crippen molar-refractivity contribution in [2.24, 2.45) is 0 Å². The summed E-state index contributed by atoms with van der Waals surface area (Å²) in [5.41, 5.74) is 4.89. The van der Waals surface area contributed by atoms with E-state index in [1.165, 1.54) is 10.8 Å². The van der Waals surface area contributed by atoms with Crippen LogP contribution in [-0.2, 0) is 0 Å². The van der Waals surface area contributed by atoms with Crippen molar-refractivity contribution in [1.82, 2.24) is 4.57 Å². The first-order chi connectivity index (χ1) is 17.3. The molecule has 0 aliphatic carbocycles. The molecule has 5 aromatic carbocycles. The summed E-state index contributed by atoms with van der Waals surface area (Å²) >= 11 is 1.65. The Hall–Kier alpha value is -4.41. The van der Waals surface area contributed by atoms with Crippen LogP contribution >= 0.6 is 11.3 Å². The van der Waals surface area contributed by atoms with Gasteiger partial charge in [0.2, 0.25) is 0 Å². The molecule has 0 amide bonds. The van der Waals surface area contributed by atoms with E-state index in [2.05, 4.69) is 77.4 Å². The molecule has 164 valence electrons. The molecule has 8 rings (SSSR count). The van der Waals surface area contributed by atoms with Crippen molar-refractivity contribution in [1.29, 1.82) is 0 Å². The van der Waals surface area contributed by atoms with Gasteiger partial charge in [-0.05, 0) is 42.5 Å². The Labute approximate surface area is 203 Å². The lowest BCUT2D eigenvalue weighted by Crippen LogP contribution is -2.00. The van der Waals surface area contributed by atoms with E-state index in [0.717, 1.165) is 53.4 Å². The first-order valence-electron chi connectivity index (χ1n) is 11.6. The second-order valence-corrected chi connectivity index (χ2v) is 9.98. The number of fused-ring (bicyclic) bond motifs is 8. The lowest BCUT2D eigenvalue weighted by molar-refractivity contribution is 0.667. The zero-order valence-electron chi connectivity index (χ0n) is 18.5. The Morgan fingerprint density at radius 2 is 1.23 bits per heavy atom. The van der Waals surface area contributed by atoms with Crippen LogP contribution in [0.25, 0.3) is 69.6 Å². The molecule has 0 aliphatic rings. The minimum absolute atomic E-state index is 0.0549. The molecular weight excluding hydrogens is 450 g/mol. The zero-order valence-corrected chi connectivity index (χ0v) is 19.3. The van der Waals surface area contributed by atoms with Gasteiger partial charge in [0.15, 0.2) is 11.0 Å². The molecule has 3 nitrogen and oxygen atoms in total. The van der Waals surface area contributed by atoms with Crippen LogP contribution in [0.2, 0.25) is 0 Å². The van der Waals surface area contributed by atoms with E-state index in [-0.39, 0.29) is 5.43 Å². The van der Waals surface area contributed by atoms with E-state index in [9.17, 15) is 4.79 Å². The summed E-state index contributed by atoms with van der Waals surface area (Å²) in [4.78, 5) is 13.3. The molecule has 35 heavy (non-hydrogen) atoms. The number of hydrogen-bond acceptors (Lipinski definition) is 3. The maximum Gasteiger partial charge on any atom is 0.196 e. The van der Waals surface area contributed by atoms with Crippen molar-refractivity contribution >= 4 is 75.3 Å². The summed E-state index contributed by atoms with van der Waals surface area (Å²) in [5, 5.41) is 5.97. The van der Waals surface area contributed by atoms with Gasteiger partial charge in [0.1, 0.15) is 5.58 Å². The number of benzene rings is 5. The van der Waals surface area contributed by atoms with Crippen LogP contribution in [-0.4, -0.2) is 4.57 Å². The smallest absolute Gasteiger partial charge is 0.196 e. The van der Waals surface area contributed by atoms with Crippen LogP contribution in [0.3, 0.4) is 0 Å². The van der Waals surface area contributed by atoms with Gasteiger partial charge < -0.3 is 8.98 Å². The first kappa shape index (κ1) is 19.0. The summed E-state index contributed by atoms with van der Waals surface area (Å²) in [5.74, 6) is 0. The molecule has 0 unspecified atom stereocenters. The second kappa shape index (κ2) is 6.81. The largest absolute Gasteiger partial charge is 0.454 e. The van der Waals surface area contributed by atoms with Gasteiger partial charge in [-0.1, -0.05) is 60.7 Å². The molecule has 0 atom stereocenters. The lowest BCUT2D eigenvalue weighted by Gasteiger charge is -2.08. The fourth-order valence-electron chi connectivity index (χ4n) is 5.44. The van der Waals surface area contributed by atoms with E-state index in [1.54, 1.807) is 11.3 Å². The van der Waals surface area contributed by atoms with Crippen molar-refractivity contribution in [3.63, 3.8) is 0 Å². The Balaban J connectivity index is 1.51. The van der Waals surface area contributed by atoms with Gasteiger partial charge in [-0.3, -0.25) is 4.79 Å². The highest BCUT2D eigenvalue weighted by molar-refractivity contribution is 7.24. The summed E-state index contributed by atoms with van der Waals surface area (Å²) in [6.45, 7) is 0. The fraction of sp³-hybridized carbons (Fsp3) is 0. The predicted octanol–water partition coefficient (Wildman–Crippen LogP) is 8.41.